The number of carboxylic acids is 1. The summed E-state index contributed by atoms with van der Waals surface area (Å²) in [6.45, 7) is 9.43. The van der Waals surface area contributed by atoms with Gasteiger partial charge in [-0.2, -0.15) is 0 Å². The van der Waals surface area contributed by atoms with E-state index < -0.39 is 5.97 Å². The van der Waals surface area contributed by atoms with Gasteiger partial charge in [-0.25, -0.2) is 9.78 Å². The molecular weight excluding hydrogens is 252 g/mol. The Morgan fingerprint density at radius 1 is 1.35 bits per heavy atom. The molecule has 0 radical (unpaired) electrons. The van der Waals surface area contributed by atoms with Gasteiger partial charge in [-0.05, 0) is 24.0 Å². The molecule has 0 aliphatic rings. The minimum Gasteiger partial charge on any atom is -0.478 e. The van der Waals surface area contributed by atoms with Crippen molar-refractivity contribution < 1.29 is 9.90 Å². The smallest absolute Gasteiger partial charge is 0.337 e. The summed E-state index contributed by atoms with van der Waals surface area (Å²) in [5.74, 6) is 1.09. The lowest BCUT2D eigenvalue weighted by Crippen LogP contribution is -2.16. The first-order valence-corrected chi connectivity index (χ1v) is 7.17. The topological polar surface area (TPSA) is 55.1 Å². The number of imidazole rings is 1. The minimum atomic E-state index is -0.892. The predicted molar refractivity (Wildman–Crippen MR) is 80.1 cm³/mol. The van der Waals surface area contributed by atoms with Crippen LogP contribution in [0.5, 0.6) is 0 Å². The second-order valence-electron chi connectivity index (χ2n) is 5.69. The molecular formula is C16H22N2O2. The summed E-state index contributed by atoms with van der Waals surface area (Å²) in [4.78, 5) is 16.0. The van der Waals surface area contributed by atoms with E-state index in [0.717, 1.165) is 29.8 Å². The van der Waals surface area contributed by atoms with E-state index >= 15 is 0 Å². The van der Waals surface area contributed by atoms with Gasteiger partial charge < -0.3 is 9.67 Å². The standard InChI is InChI=1S/C16H22N2O2/c1-5-14-17-13-8-6-7-12(16(19)20)15(13)18(14)9-11(4)10(2)3/h6-8,10-11H,5,9H2,1-4H3,(H,19,20). The fourth-order valence-electron chi connectivity index (χ4n) is 2.37. The molecule has 0 aliphatic carbocycles. The van der Waals surface area contributed by atoms with Crippen molar-refractivity contribution in [1.29, 1.82) is 0 Å². The van der Waals surface area contributed by atoms with E-state index in [4.69, 9.17) is 0 Å². The molecule has 1 unspecified atom stereocenters. The third-order valence-electron chi connectivity index (χ3n) is 4.00. The molecule has 2 rings (SSSR count). The number of nitrogens with zero attached hydrogens (tertiary/aromatic N) is 2. The molecule has 1 atom stereocenters. The molecule has 0 aliphatic heterocycles. The van der Waals surface area contributed by atoms with Crippen LogP contribution >= 0.6 is 0 Å². The van der Waals surface area contributed by atoms with E-state index in [1.165, 1.54) is 0 Å². The van der Waals surface area contributed by atoms with Gasteiger partial charge in [0.15, 0.2) is 0 Å². The normalized spacial score (nSPS) is 13.1. The van der Waals surface area contributed by atoms with Crippen molar-refractivity contribution in [2.24, 2.45) is 11.8 Å². The lowest BCUT2D eigenvalue weighted by Gasteiger charge is -2.18. The lowest BCUT2D eigenvalue weighted by atomic mass is 9.98. The molecule has 1 aromatic carbocycles. The highest BCUT2D eigenvalue weighted by molar-refractivity contribution is 6.01. The number of carboxylic acid groups (broad SMARTS) is 1. The summed E-state index contributed by atoms with van der Waals surface area (Å²) in [6.07, 6.45) is 0.804. The first-order chi connectivity index (χ1) is 9.45. The van der Waals surface area contributed by atoms with Crippen LogP contribution in [-0.4, -0.2) is 20.6 Å². The second kappa shape index (κ2) is 5.65. The molecule has 0 amide bonds. The summed E-state index contributed by atoms with van der Waals surface area (Å²) < 4.78 is 2.09. The molecule has 0 saturated heterocycles. The van der Waals surface area contributed by atoms with Crippen molar-refractivity contribution in [2.45, 2.75) is 40.7 Å². The Hall–Kier alpha value is -1.84. The Bertz CT molecular complexity index is 629. The molecule has 2 aromatic rings. The Kier molecular flexibility index (Phi) is 4.12. The lowest BCUT2D eigenvalue weighted by molar-refractivity contribution is 0.0698. The number of hydrogen-bond acceptors (Lipinski definition) is 2. The van der Waals surface area contributed by atoms with Gasteiger partial charge in [-0.3, -0.25) is 0 Å². The van der Waals surface area contributed by atoms with Crippen LogP contribution in [-0.2, 0) is 13.0 Å². The van der Waals surface area contributed by atoms with Crippen molar-refractivity contribution in [2.75, 3.05) is 0 Å². The highest BCUT2D eigenvalue weighted by Gasteiger charge is 2.19. The van der Waals surface area contributed by atoms with Crippen molar-refractivity contribution in [3.8, 4) is 0 Å². The van der Waals surface area contributed by atoms with Crippen molar-refractivity contribution in [1.82, 2.24) is 9.55 Å². The third kappa shape index (κ3) is 2.55. The molecule has 0 spiro atoms. The number of aromatic nitrogens is 2. The number of benzene rings is 1. The van der Waals surface area contributed by atoms with E-state index in [1.54, 1.807) is 12.1 Å². The molecule has 4 nitrogen and oxygen atoms in total. The Morgan fingerprint density at radius 3 is 2.60 bits per heavy atom. The van der Waals surface area contributed by atoms with Crippen LogP contribution in [0.4, 0.5) is 0 Å². The monoisotopic (exact) mass is 274 g/mol. The fourth-order valence-corrected chi connectivity index (χ4v) is 2.37. The van der Waals surface area contributed by atoms with Crippen LogP contribution in [0.2, 0.25) is 0 Å². The van der Waals surface area contributed by atoms with E-state index in [2.05, 4.69) is 37.2 Å². The van der Waals surface area contributed by atoms with Crippen LogP contribution < -0.4 is 0 Å². The Labute approximate surface area is 119 Å². The highest BCUT2D eigenvalue weighted by atomic mass is 16.4. The molecule has 1 heterocycles. The number of para-hydroxylation sites is 1. The number of carbonyl (C=O) groups is 1. The average Bonchev–Trinajstić information content (AvgIpc) is 2.76. The SMILES string of the molecule is CCc1nc2cccc(C(=O)O)c2n1CC(C)C(C)C. The summed E-state index contributed by atoms with van der Waals surface area (Å²) in [6, 6.07) is 5.30. The highest BCUT2D eigenvalue weighted by Crippen LogP contribution is 2.24. The first kappa shape index (κ1) is 14.6. The zero-order valence-electron chi connectivity index (χ0n) is 12.6. The summed E-state index contributed by atoms with van der Waals surface area (Å²) in [7, 11) is 0. The second-order valence-corrected chi connectivity index (χ2v) is 5.69. The summed E-state index contributed by atoms with van der Waals surface area (Å²) >= 11 is 0. The van der Waals surface area contributed by atoms with Crippen LogP contribution in [0, 0.1) is 11.8 Å². The van der Waals surface area contributed by atoms with Gasteiger partial charge >= 0.3 is 5.97 Å². The van der Waals surface area contributed by atoms with Gasteiger partial charge in [0.2, 0.25) is 0 Å². The van der Waals surface area contributed by atoms with E-state index in [1.807, 2.05) is 6.07 Å². The number of hydrogen-bond donors (Lipinski definition) is 1. The maximum atomic E-state index is 11.4. The van der Waals surface area contributed by atoms with Gasteiger partial charge in [0.1, 0.15) is 5.82 Å². The zero-order chi connectivity index (χ0) is 14.9. The van der Waals surface area contributed by atoms with Crippen LogP contribution in [0.1, 0.15) is 43.9 Å². The Balaban J connectivity index is 2.63. The van der Waals surface area contributed by atoms with Crippen LogP contribution in [0.3, 0.4) is 0 Å². The van der Waals surface area contributed by atoms with Gasteiger partial charge in [0.25, 0.3) is 0 Å². The van der Waals surface area contributed by atoms with Gasteiger partial charge in [0, 0.05) is 13.0 Å². The minimum absolute atomic E-state index is 0.339. The Morgan fingerprint density at radius 2 is 2.05 bits per heavy atom. The number of aromatic carboxylic acids is 1. The first-order valence-electron chi connectivity index (χ1n) is 7.17. The van der Waals surface area contributed by atoms with Crippen molar-refractivity contribution in [3.05, 3.63) is 29.6 Å². The number of fused-ring (bicyclic) bond motifs is 1. The predicted octanol–water partition coefficient (Wildman–Crippen LogP) is 3.59. The quantitative estimate of drug-likeness (QED) is 0.906. The van der Waals surface area contributed by atoms with Gasteiger partial charge in [-0.1, -0.05) is 33.8 Å². The molecule has 0 bridgehead atoms. The maximum Gasteiger partial charge on any atom is 0.337 e. The summed E-state index contributed by atoms with van der Waals surface area (Å²) in [5, 5.41) is 9.39. The molecule has 108 valence electrons. The molecule has 1 N–H and O–H groups in total. The van der Waals surface area contributed by atoms with E-state index in [9.17, 15) is 9.90 Å². The van der Waals surface area contributed by atoms with Crippen LogP contribution in [0.15, 0.2) is 18.2 Å². The van der Waals surface area contributed by atoms with Gasteiger partial charge in [0.05, 0.1) is 16.6 Å². The molecule has 4 heteroatoms. The largest absolute Gasteiger partial charge is 0.478 e. The van der Waals surface area contributed by atoms with E-state index in [-0.39, 0.29) is 0 Å². The maximum absolute atomic E-state index is 11.4. The number of aryl methyl sites for hydroxylation is 1. The third-order valence-corrected chi connectivity index (χ3v) is 4.00. The average molecular weight is 274 g/mol. The van der Waals surface area contributed by atoms with Crippen molar-refractivity contribution in [3.63, 3.8) is 0 Å². The van der Waals surface area contributed by atoms with Crippen LogP contribution in [0.25, 0.3) is 11.0 Å². The molecule has 0 fully saturated rings. The van der Waals surface area contributed by atoms with E-state index in [0.29, 0.717) is 17.4 Å². The fraction of sp³-hybridized carbons (Fsp3) is 0.500. The molecule has 1 aromatic heterocycles. The summed E-state index contributed by atoms with van der Waals surface area (Å²) in [5.41, 5.74) is 1.87. The zero-order valence-corrected chi connectivity index (χ0v) is 12.6. The molecule has 20 heavy (non-hydrogen) atoms. The number of rotatable bonds is 5. The molecule has 0 saturated carbocycles. The van der Waals surface area contributed by atoms with Gasteiger partial charge in [-0.15, -0.1) is 0 Å². The van der Waals surface area contributed by atoms with Crippen molar-refractivity contribution >= 4 is 17.0 Å².